The van der Waals surface area contributed by atoms with Crippen LogP contribution in [0.2, 0.25) is 0 Å². The Hall–Kier alpha value is -3.41. The van der Waals surface area contributed by atoms with Gasteiger partial charge in [0.2, 0.25) is 11.7 Å². The molecular weight excluding hydrogens is 356 g/mol. The number of amides is 1. The summed E-state index contributed by atoms with van der Waals surface area (Å²) in [6.07, 6.45) is 2.52. The SMILES string of the molecule is CCc1cccc2c(C(=O)COC(=O)c3ccc(CNC(C)=O)cc3)c[nH]c12. The van der Waals surface area contributed by atoms with Crippen molar-refractivity contribution in [2.24, 2.45) is 0 Å². The summed E-state index contributed by atoms with van der Waals surface area (Å²) in [7, 11) is 0. The molecule has 0 aliphatic rings. The number of benzene rings is 2. The number of aryl methyl sites for hydroxylation is 1. The van der Waals surface area contributed by atoms with E-state index in [9.17, 15) is 14.4 Å². The Morgan fingerprint density at radius 2 is 1.82 bits per heavy atom. The first-order valence-electron chi connectivity index (χ1n) is 9.12. The van der Waals surface area contributed by atoms with Crippen molar-refractivity contribution in [1.29, 1.82) is 0 Å². The van der Waals surface area contributed by atoms with Crippen LogP contribution >= 0.6 is 0 Å². The molecule has 0 saturated carbocycles. The molecule has 0 aliphatic carbocycles. The maximum Gasteiger partial charge on any atom is 0.338 e. The maximum atomic E-state index is 12.5. The summed E-state index contributed by atoms with van der Waals surface area (Å²) in [6.45, 7) is 3.57. The predicted octanol–water partition coefficient (Wildman–Crippen LogP) is 3.41. The van der Waals surface area contributed by atoms with Gasteiger partial charge in [-0.05, 0) is 29.7 Å². The van der Waals surface area contributed by atoms with Gasteiger partial charge in [-0.25, -0.2) is 4.79 Å². The van der Waals surface area contributed by atoms with E-state index in [-0.39, 0.29) is 18.3 Å². The van der Waals surface area contributed by atoms with Crippen molar-refractivity contribution in [3.63, 3.8) is 0 Å². The van der Waals surface area contributed by atoms with Crippen LogP contribution in [-0.2, 0) is 22.5 Å². The number of rotatable bonds is 7. The first-order valence-corrected chi connectivity index (χ1v) is 9.12. The molecule has 0 bridgehead atoms. The van der Waals surface area contributed by atoms with Gasteiger partial charge in [0.1, 0.15) is 0 Å². The Bertz CT molecular complexity index is 1020. The van der Waals surface area contributed by atoms with E-state index in [1.807, 2.05) is 18.2 Å². The molecule has 3 aromatic rings. The number of ketones is 1. The molecule has 2 N–H and O–H groups in total. The van der Waals surface area contributed by atoms with Gasteiger partial charge in [0.05, 0.1) is 5.56 Å². The first kappa shape index (κ1) is 19.4. The summed E-state index contributed by atoms with van der Waals surface area (Å²) in [4.78, 5) is 38.8. The first-order chi connectivity index (χ1) is 13.5. The van der Waals surface area contributed by atoms with E-state index in [4.69, 9.17) is 4.74 Å². The number of aromatic nitrogens is 1. The van der Waals surface area contributed by atoms with E-state index in [2.05, 4.69) is 17.2 Å². The summed E-state index contributed by atoms with van der Waals surface area (Å²) >= 11 is 0. The van der Waals surface area contributed by atoms with Crippen LogP contribution in [0.25, 0.3) is 10.9 Å². The lowest BCUT2D eigenvalue weighted by molar-refractivity contribution is -0.119. The van der Waals surface area contributed by atoms with Gasteiger partial charge < -0.3 is 15.0 Å². The minimum Gasteiger partial charge on any atom is -0.454 e. The number of para-hydroxylation sites is 1. The molecule has 0 saturated heterocycles. The Morgan fingerprint density at radius 3 is 2.50 bits per heavy atom. The lowest BCUT2D eigenvalue weighted by Crippen LogP contribution is -2.19. The molecule has 6 heteroatoms. The molecule has 0 spiro atoms. The van der Waals surface area contributed by atoms with Crippen LogP contribution in [0.4, 0.5) is 0 Å². The average molecular weight is 378 g/mol. The molecule has 2 aromatic carbocycles. The standard InChI is InChI=1S/C22H22N2O4/c1-3-16-5-4-6-18-19(12-24-21(16)18)20(26)13-28-22(27)17-9-7-15(8-10-17)11-23-14(2)25/h4-10,12,24H,3,11,13H2,1-2H3,(H,23,25). The molecule has 6 nitrogen and oxygen atoms in total. The highest BCUT2D eigenvalue weighted by atomic mass is 16.5. The number of fused-ring (bicyclic) bond motifs is 1. The molecule has 1 aromatic heterocycles. The molecule has 3 rings (SSSR count). The third kappa shape index (κ3) is 4.28. The number of esters is 1. The number of nitrogens with one attached hydrogen (secondary N) is 2. The minimum absolute atomic E-state index is 0.120. The molecule has 0 fully saturated rings. The highest BCUT2D eigenvalue weighted by molar-refractivity contribution is 6.09. The monoisotopic (exact) mass is 378 g/mol. The van der Waals surface area contributed by atoms with Crippen molar-refractivity contribution in [2.75, 3.05) is 6.61 Å². The summed E-state index contributed by atoms with van der Waals surface area (Å²) < 4.78 is 5.19. The van der Waals surface area contributed by atoms with Crippen LogP contribution in [0.5, 0.6) is 0 Å². The fourth-order valence-electron chi connectivity index (χ4n) is 3.02. The summed E-state index contributed by atoms with van der Waals surface area (Å²) in [5, 5.41) is 3.52. The van der Waals surface area contributed by atoms with E-state index in [1.54, 1.807) is 30.5 Å². The van der Waals surface area contributed by atoms with E-state index >= 15 is 0 Å². The lowest BCUT2D eigenvalue weighted by atomic mass is 10.1. The van der Waals surface area contributed by atoms with Gasteiger partial charge in [0.15, 0.2) is 6.61 Å². The van der Waals surface area contributed by atoms with Crippen LogP contribution < -0.4 is 5.32 Å². The molecular formula is C22H22N2O4. The van der Waals surface area contributed by atoms with Crippen molar-refractivity contribution in [3.05, 3.63) is 70.9 Å². The van der Waals surface area contributed by atoms with E-state index in [1.165, 1.54) is 6.92 Å². The summed E-state index contributed by atoms with van der Waals surface area (Å²) in [5.74, 6) is -0.936. The number of aromatic amines is 1. The van der Waals surface area contributed by atoms with E-state index in [0.29, 0.717) is 17.7 Å². The Balaban J connectivity index is 1.63. The second kappa shape index (κ2) is 8.52. The third-order valence-electron chi connectivity index (χ3n) is 4.55. The number of carbonyl (C=O) groups excluding carboxylic acids is 3. The number of ether oxygens (including phenoxy) is 1. The molecule has 0 radical (unpaired) electrons. The summed E-state index contributed by atoms with van der Waals surface area (Å²) in [6, 6.07) is 12.5. The largest absolute Gasteiger partial charge is 0.454 e. The van der Waals surface area contributed by atoms with Gasteiger partial charge in [-0.1, -0.05) is 37.3 Å². The van der Waals surface area contributed by atoms with Crippen molar-refractivity contribution in [2.45, 2.75) is 26.8 Å². The molecule has 0 unspecified atom stereocenters. The lowest BCUT2D eigenvalue weighted by Gasteiger charge is -2.06. The van der Waals surface area contributed by atoms with Gasteiger partial charge in [0, 0.05) is 36.1 Å². The number of H-pyrrole nitrogens is 1. The minimum atomic E-state index is -0.562. The maximum absolute atomic E-state index is 12.5. The predicted molar refractivity (Wildman–Crippen MR) is 106 cm³/mol. The van der Waals surface area contributed by atoms with Crippen LogP contribution in [0.3, 0.4) is 0 Å². The molecule has 1 heterocycles. The zero-order valence-electron chi connectivity index (χ0n) is 15.9. The Kier molecular flexibility index (Phi) is 5.89. The van der Waals surface area contributed by atoms with E-state index in [0.717, 1.165) is 28.5 Å². The van der Waals surface area contributed by atoms with Crippen molar-refractivity contribution in [1.82, 2.24) is 10.3 Å². The Labute approximate surface area is 162 Å². The topological polar surface area (TPSA) is 88.3 Å². The van der Waals surface area contributed by atoms with Gasteiger partial charge in [-0.15, -0.1) is 0 Å². The molecule has 1 amide bonds. The fourth-order valence-corrected chi connectivity index (χ4v) is 3.02. The van der Waals surface area contributed by atoms with Gasteiger partial charge in [0.25, 0.3) is 0 Å². The van der Waals surface area contributed by atoms with Crippen molar-refractivity contribution >= 4 is 28.6 Å². The normalized spacial score (nSPS) is 10.6. The van der Waals surface area contributed by atoms with Gasteiger partial charge >= 0.3 is 5.97 Å². The summed E-state index contributed by atoms with van der Waals surface area (Å²) in [5.41, 5.74) is 3.81. The highest BCUT2D eigenvalue weighted by Crippen LogP contribution is 2.22. The zero-order valence-corrected chi connectivity index (χ0v) is 15.9. The molecule has 0 atom stereocenters. The number of carbonyl (C=O) groups is 3. The molecule has 28 heavy (non-hydrogen) atoms. The van der Waals surface area contributed by atoms with Crippen LogP contribution in [0.15, 0.2) is 48.7 Å². The number of hydrogen-bond acceptors (Lipinski definition) is 4. The van der Waals surface area contributed by atoms with Gasteiger partial charge in [-0.2, -0.15) is 0 Å². The number of Topliss-reactive ketones (excluding diaryl/α,β-unsaturated/α-hetero) is 1. The average Bonchev–Trinajstić information content (AvgIpc) is 3.15. The van der Waals surface area contributed by atoms with Crippen LogP contribution in [0, 0.1) is 0 Å². The Morgan fingerprint density at radius 1 is 1.07 bits per heavy atom. The molecule has 0 aliphatic heterocycles. The quantitative estimate of drug-likeness (QED) is 0.487. The van der Waals surface area contributed by atoms with Crippen LogP contribution in [0.1, 0.15) is 45.7 Å². The smallest absolute Gasteiger partial charge is 0.338 e. The van der Waals surface area contributed by atoms with Gasteiger partial charge in [-0.3, -0.25) is 9.59 Å². The van der Waals surface area contributed by atoms with Crippen molar-refractivity contribution < 1.29 is 19.1 Å². The fraction of sp³-hybridized carbons (Fsp3) is 0.227. The van der Waals surface area contributed by atoms with E-state index < -0.39 is 5.97 Å². The third-order valence-corrected chi connectivity index (χ3v) is 4.55. The van der Waals surface area contributed by atoms with Crippen molar-refractivity contribution in [3.8, 4) is 0 Å². The van der Waals surface area contributed by atoms with Crippen LogP contribution in [-0.4, -0.2) is 29.3 Å². The number of hydrogen-bond donors (Lipinski definition) is 2. The zero-order chi connectivity index (χ0) is 20.1. The molecule has 144 valence electrons. The second-order valence-corrected chi connectivity index (χ2v) is 6.50. The highest BCUT2D eigenvalue weighted by Gasteiger charge is 2.16. The second-order valence-electron chi connectivity index (χ2n) is 6.50.